The first-order valence-electron chi connectivity index (χ1n) is 6.47. The van der Waals surface area contributed by atoms with Crippen LogP contribution in [-0.2, 0) is 9.53 Å². The van der Waals surface area contributed by atoms with Crippen LogP contribution < -0.4 is 5.73 Å². The van der Waals surface area contributed by atoms with Crippen molar-refractivity contribution in [3.63, 3.8) is 0 Å². The normalized spacial score (nSPS) is 38.6. The molecule has 0 saturated heterocycles. The number of rotatable bonds is 3. The van der Waals surface area contributed by atoms with Crippen LogP contribution in [0.2, 0.25) is 0 Å². The van der Waals surface area contributed by atoms with E-state index < -0.39 is 23.7 Å². The molecule has 5 nitrogen and oxygen atoms in total. The topological polar surface area (TPSA) is 92.8 Å². The second-order valence-electron chi connectivity index (χ2n) is 5.84. The molecule has 1 rings (SSSR count). The highest BCUT2D eigenvalue weighted by molar-refractivity contribution is 5.79. The third-order valence-corrected chi connectivity index (χ3v) is 4.35. The van der Waals surface area contributed by atoms with E-state index in [9.17, 15) is 15.0 Å². The van der Waals surface area contributed by atoms with Crippen molar-refractivity contribution in [3.8, 4) is 0 Å². The smallest absolute Gasteiger partial charge is 0.337 e. The Kier molecular flexibility index (Phi) is 4.75. The summed E-state index contributed by atoms with van der Waals surface area (Å²) in [6, 6.07) is -0.410. The van der Waals surface area contributed by atoms with Crippen LogP contribution >= 0.6 is 0 Å². The van der Waals surface area contributed by atoms with Crippen molar-refractivity contribution < 1.29 is 19.7 Å². The van der Waals surface area contributed by atoms with Gasteiger partial charge in [0.25, 0.3) is 0 Å². The van der Waals surface area contributed by atoms with Gasteiger partial charge in [0.1, 0.15) is 0 Å². The summed E-state index contributed by atoms with van der Waals surface area (Å²) in [6.45, 7) is 6.16. The largest absolute Gasteiger partial charge is 0.467 e. The number of carbonyl (C=O) groups excluding carboxylic acids is 1. The quantitative estimate of drug-likeness (QED) is 0.633. The van der Waals surface area contributed by atoms with Gasteiger partial charge in [0.15, 0.2) is 5.60 Å². The molecule has 18 heavy (non-hydrogen) atoms. The Morgan fingerprint density at radius 2 is 1.94 bits per heavy atom. The molecule has 4 N–H and O–H groups in total. The fourth-order valence-electron chi connectivity index (χ4n) is 2.76. The molecule has 0 aromatic carbocycles. The van der Waals surface area contributed by atoms with Gasteiger partial charge < -0.3 is 20.7 Å². The van der Waals surface area contributed by atoms with E-state index in [-0.39, 0.29) is 24.7 Å². The zero-order valence-corrected chi connectivity index (χ0v) is 11.6. The molecule has 0 aromatic heterocycles. The van der Waals surface area contributed by atoms with Crippen LogP contribution in [0.4, 0.5) is 0 Å². The van der Waals surface area contributed by atoms with E-state index in [2.05, 4.69) is 18.6 Å². The van der Waals surface area contributed by atoms with Crippen LogP contribution in [0.3, 0.4) is 0 Å². The Hall–Kier alpha value is -0.650. The molecular weight excluding hydrogens is 234 g/mol. The van der Waals surface area contributed by atoms with Gasteiger partial charge in [0, 0.05) is 12.5 Å². The minimum absolute atomic E-state index is 0.0534. The van der Waals surface area contributed by atoms with Gasteiger partial charge >= 0.3 is 5.97 Å². The van der Waals surface area contributed by atoms with Gasteiger partial charge in [0.05, 0.1) is 13.2 Å². The molecule has 106 valence electrons. The van der Waals surface area contributed by atoms with Gasteiger partial charge in [0.2, 0.25) is 0 Å². The number of ether oxygens (including phenoxy) is 1. The first-order chi connectivity index (χ1) is 8.23. The van der Waals surface area contributed by atoms with Crippen LogP contribution in [0.25, 0.3) is 0 Å². The number of carbonyl (C=O) groups is 1. The third kappa shape index (κ3) is 2.84. The zero-order valence-electron chi connectivity index (χ0n) is 11.6. The van der Waals surface area contributed by atoms with Crippen LogP contribution in [0.1, 0.15) is 33.6 Å². The second-order valence-corrected chi connectivity index (χ2v) is 5.84. The summed E-state index contributed by atoms with van der Waals surface area (Å²) in [7, 11) is 1.24. The number of aliphatic hydroxyl groups excluding tert-OH is 1. The van der Waals surface area contributed by atoms with E-state index >= 15 is 0 Å². The molecule has 0 amide bonds. The molecule has 1 saturated carbocycles. The number of esters is 1. The average molecular weight is 259 g/mol. The maximum absolute atomic E-state index is 11.7. The summed E-state index contributed by atoms with van der Waals surface area (Å²) in [5, 5.41) is 20.3. The van der Waals surface area contributed by atoms with Crippen molar-refractivity contribution in [1.82, 2.24) is 0 Å². The summed E-state index contributed by atoms with van der Waals surface area (Å²) in [5.74, 6) is -0.202. The monoisotopic (exact) mass is 259 g/mol. The van der Waals surface area contributed by atoms with E-state index in [0.717, 1.165) is 0 Å². The molecule has 0 aliphatic heterocycles. The van der Waals surface area contributed by atoms with Crippen molar-refractivity contribution in [2.45, 2.75) is 51.4 Å². The van der Waals surface area contributed by atoms with Gasteiger partial charge in [-0.25, -0.2) is 4.79 Å². The molecule has 1 unspecified atom stereocenters. The SMILES string of the molecule is COC(=O)[C@@]1(O)C[C@@H](O)[C@@H](N)[C@H](C(C)C(C)C)C1. The minimum Gasteiger partial charge on any atom is -0.467 e. The van der Waals surface area contributed by atoms with Gasteiger partial charge in [-0.3, -0.25) is 0 Å². The molecule has 5 heteroatoms. The highest BCUT2D eigenvalue weighted by Gasteiger charge is 2.50. The molecule has 0 bridgehead atoms. The Labute approximate surface area is 108 Å². The zero-order chi connectivity index (χ0) is 14.1. The summed E-state index contributed by atoms with van der Waals surface area (Å²) in [5.41, 5.74) is 4.40. The molecule has 0 spiro atoms. The van der Waals surface area contributed by atoms with E-state index in [1.54, 1.807) is 0 Å². The fourth-order valence-corrected chi connectivity index (χ4v) is 2.76. The number of hydrogen-bond acceptors (Lipinski definition) is 5. The first-order valence-corrected chi connectivity index (χ1v) is 6.47. The van der Waals surface area contributed by atoms with E-state index in [1.807, 2.05) is 6.92 Å². The fraction of sp³-hybridized carbons (Fsp3) is 0.923. The Bertz CT molecular complexity index is 303. The molecule has 5 atom stereocenters. The molecule has 1 aliphatic rings. The summed E-state index contributed by atoms with van der Waals surface area (Å²) >= 11 is 0. The van der Waals surface area contributed by atoms with Crippen molar-refractivity contribution in [2.24, 2.45) is 23.5 Å². The standard InChI is InChI=1S/C13H25NO4/c1-7(2)8(3)9-5-13(17,12(16)18-4)6-10(15)11(9)14/h7-11,15,17H,5-6,14H2,1-4H3/t8?,9-,10+,11-,13-/m0/s1. The summed E-state index contributed by atoms with van der Waals surface area (Å²) in [6.07, 6.45) is -0.687. The van der Waals surface area contributed by atoms with Crippen LogP contribution in [0, 0.1) is 17.8 Å². The predicted octanol–water partition coefficient (Wildman–Crippen LogP) is 0.281. The molecular formula is C13H25NO4. The molecule has 0 radical (unpaired) electrons. The Morgan fingerprint density at radius 3 is 2.39 bits per heavy atom. The van der Waals surface area contributed by atoms with Crippen molar-refractivity contribution >= 4 is 5.97 Å². The minimum atomic E-state index is -1.61. The molecule has 1 fully saturated rings. The van der Waals surface area contributed by atoms with Gasteiger partial charge in [-0.1, -0.05) is 20.8 Å². The molecule has 0 heterocycles. The van der Waals surface area contributed by atoms with E-state index in [4.69, 9.17) is 5.73 Å². The van der Waals surface area contributed by atoms with Crippen LogP contribution in [0.5, 0.6) is 0 Å². The summed E-state index contributed by atoms with van der Waals surface area (Å²) < 4.78 is 4.62. The number of hydrogen-bond donors (Lipinski definition) is 3. The van der Waals surface area contributed by atoms with Crippen molar-refractivity contribution in [3.05, 3.63) is 0 Å². The Balaban J connectivity index is 2.94. The number of methoxy groups -OCH3 is 1. The number of aliphatic hydroxyl groups is 2. The average Bonchev–Trinajstić information content (AvgIpc) is 2.31. The first kappa shape index (κ1) is 15.4. The van der Waals surface area contributed by atoms with Crippen molar-refractivity contribution in [2.75, 3.05) is 7.11 Å². The highest BCUT2D eigenvalue weighted by atomic mass is 16.5. The lowest BCUT2D eigenvalue weighted by molar-refractivity contribution is -0.175. The molecule has 0 aromatic rings. The lowest BCUT2D eigenvalue weighted by Crippen LogP contribution is -2.58. The second kappa shape index (κ2) is 5.55. The van der Waals surface area contributed by atoms with Crippen LogP contribution in [-0.4, -0.2) is 41.0 Å². The lowest BCUT2D eigenvalue weighted by atomic mass is 9.67. The molecule has 1 aliphatic carbocycles. The maximum atomic E-state index is 11.7. The third-order valence-electron chi connectivity index (χ3n) is 4.35. The Morgan fingerprint density at radius 1 is 1.39 bits per heavy atom. The summed E-state index contributed by atoms with van der Waals surface area (Å²) in [4.78, 5) is 11.7. The highest BCUT2D eigenvalue weighted by Crippen LogP contribution is 2.39. The van der Waals surface area contributed by atoms with Gasteiger partial charge in [-0.15, -0.1) is 0 Å². The number of nitrogens with two attached hydrogens (primary N) is 1. The van der Waals surface area contributed by atoms with Crippen molar-refractivity contribution in [1.29, 1.82) is 0 Å². The van der Waals surface area contributed by atoms with E-state index in [0.29, 0.717) is 5.92 Å². The maximum Gasteiger partial charge on any atom is 0.337 e. The van der Waals surface area contributed by atoms with E-state index in [1.165, 1.54) is 7.11 Å². The predicted molar refractivity (Wildman–Crippen MR) is 67.7 cm³/mol. The van der Waals surface area contributed by atoms with Crippen LogP contribution in [0.15, 0.2) is 0 Å². The lowest BCUT2D eigenvalue weighted by Gasteiger charge is -2.44. The van der Waals surface area contributed by atoms with Gasteiger partial charge in [-0.05, 0) is 24.2 Å². The van der Waals surface area contributed by atoms with Gasteiger partial charge in [-0.2, -0.15) is 0 Å².